The molecule has 130 valence electrons. The zero-order valence-corrected chi connectivity index (χ0v) is 15.1. The summed E-state index contributed by atoms with van der Waals surface area (Å²) in [5, 5.41) is 13.8. The average Bonchev–Trinajstić information content (AvgIpc) is 3.14. The Balaban J connectivity index is 2.00. The summed E-state index contributed by atoms with van der Waals surface area (Å²) < 4.78 is 16.7. The monoisotopic (exact) mass is 378 g/mol. The molecule has 1 N–H and O–H groups in total. The minimum absolute atomic E-state index is 0.148. The molecule has 0 unspecified atom stereocenters. The largest absolute Gasteiger partial charge is 0.465 e. The van der Waals surface area contributed by atoms with Crippen LogP contribution in [0, 0.1) is 5.82 Å². The lowest BCUT2D eigenvalue weighted by Gasteiger charge is -2.09. The van der Waals surface area contributed by atoms with Gasteiger partial charge in [-0.3, -0.25) is 4.68 Å². The number of carbonyl (C=O) groups is 1. The normalized spacial score (nSPS) is 10.8. The van der Waals surface area contributed by atoms with Gasteiger partial charge in [0.15, 0.2) is 0 Å². The first kappa shape index (κ1) is 17.4. The summed E-state index contributed by atoms with van der Waals surface area (Å²) >= 11 is 2.79. The molecule has 0 atom stereocenters. The fourth-order valence-electron chi connectivity index (χ4n) is 2.14. The number of thiazole rings is 1. The standard InChI is InChI=1S/C16H15FN4O2S2/c1-20(16(22)23)9-13-19-14(11-5-3-4-6-12(11)17)15(25-13)24-10-7-18-21(2)8-10/h3-8H,9H2,1-2H3,(H,22,23). The minimum Gasteiger partial charge on any atom is -0.465 e. The van der Waals surface area contributed by atoms with Crippen LogP contribution in [-0.2, 0) is 13.6 Å². The number of hydrogen-bond donors (Lipinski definition) is 1. The van der Waals surface area contributed by atoms with Gasteiger partial charge in [-0.05, 0) is 12.1 Å². The van der Waals surface area contributed by atoms with Crippen LogP contribution < -0.4 is 0 Å². The first-order valence-corrected chi connectivity index (χ1v) is 8.92. The van der Waals surface area contributed by atoms with E-state index >= 15 is 0 Å². The van der Waals surface area contributed by atoms with Crippen molar-refractivity contribution in [2.75, 3.05) is 7.05 Å². The molecule has 3 aromatic rings. The lowest BCUT2D eigenvalue weighted by atomic mass is 10.1. The number of hydrogen-bond acceptors (Lipinski definition) is 5. The predicted octanol–water partition coefficient (Wildman–Crippen LogP) is 3.94. The van der Waals surface area contributed by atoms with Gasteiger partial charge in [0.1, 0.15) is 10.8 Å². The van der Waals surface area contributed by atoms with Gasteiger partial charge in [0, 0.05) is 25.9 Å². The molecule has 0 saturated heterocycles. The smallest absolute Gasteiger partial charge is 0.407 e. The maximum absolute atomic E-state index is 14.2. The van der Waals surface area contributed by atoms with Gasteiger partial charge in [-0.25, -0.2) is 14.2 Å². The summed E-state index contributed by atoms with van der Waals surface area (Å²) in [6.07, 6.45) is 2.54. The second-order valence-corrected chi connectivity index (χ2v) is 7.74. The molecule has 2 aromatic heterocycles. The topological polar surface area (TPSA) is 71.2 Å². The molecule has 1 aromatic carbocycles. The second kappa shape index (κ2) is 7.24. The second-order valence-electron chi connectivity index (χ2n) is 5.31. The van der Waals surface area contributed by atoms with E-state index in [1.807, 2.05) is 13.2 Å². The fourth-order valence-corrected chi connectivity index (χ4v) is 4.51. The highest BCUT2D eigenvalue weighted by molar-refractivity contribution is 8.01. The van der Waals surface area contributed by atoms with Gasteiger partial charge >= 0.3 is 6.09 Å². The summed E-state index contributed by atoms with van der Waals surface area (Å²) in [5.74, 6) is -0.362. The molecule has 0 radical (unpaired) electrons. The number of rotatable bonds is 5. The van der Waals surface area contributed by atoms with Crippen LogP contribution in [0.1, 0.15) is 5.01 Å². The van der Waals surface area contributed by atoms with E-state index in [-0.39, 0.29) is 12.4 Å². The molecule has 1 amide bonds. The molecule has 0 saturated carbocycles. The van der Waals surface area contributed by atoms with Crippen LogP contribution in [0.4, 0.5) is 9.18 Å². The van der Waals surface area contributed by atoms with Crippen LogP contribution in [0.25, 0.3) is 11.3 Å². The van der Waals surface area contributed by atoms with Crippen LogP contribution in [-0.4, -0.2) is 37.9 Å². The van der Waals surface area contributed by atoms with Gasteiger partial charge in [0.25, 0.3) is 0 Å². The predicted molar refractivity (Wildman–Crippen MR) is 94.3 cm³/mol. The molecular formula is C16H15FN4O2S2. The van der Waals surface area contributed by atoms with Gasteiger partial charge in [-0.2, -0.15) is 5.10 Å². The highest BCUT2D eigenvalue weighted by atomic mass is 32.2. The van der Waals surface area contributed by atoms with Crippen LogP contribution in [0.5, 0.6) is 0 Å². The van der Waals surface area contributed by atoms with E-state index in [2.05, 4.69) is 10.1 Å². The van der Waals surface area contributed by atoms with Crippen molar-refractivity contribution in [3.63, 3.8) is 0 Å². The number of nitrogens with zero attached hydrogens (tertiary/aromatic N) is 4. The quantitative estimate of drug-likeness (QED) is 0.728. The third kappa shape index (κ3) is 3.99. The summed E-state index contributed by atoms with van der Waals surface area (Å²) in [6.45, 7) is 0.148. The van der Waals surface area contributed by atoms with Crippen LogP contribution in [0.3, 0.4) is 0 Å². The van der Waals surface area contributed by atoms with Gasteiger partial charge in [0.2, 0.25) is 0 Å². The highest BCUT2D eigenvalue weighted by Crippen LogP contribution is 2.40. The number of halogens is 1. The van der Waals surface area contributed by atoms with E-state index in [1.54, 1.807) is 29.1 Å². The van der Waals surface area contributed by atoms with Crippen molar-refractivity contribution in [2.24, 2.45) is 7.05 Å². The van der Waals surface area contributed by atoms with Crippen molar-refractivity contribution in [1.82, 2.24) is 19.7 Å². The lowest BCUT2D eigenvalue weighted by Crippen LogP contribution is -2.23. The molecule has 0 spiro atoms. The number of amides is 1. The fraction of sp³-hybridized carbons (Fsp3) is 0.188. The minimum atomic E-state index is -1.04. The molecule has 0 bridgehead atoms. The van der Waals surface area contributed by atoms with E-state index in [9.17, 15) is 9.18 Å². The average molecular weight is 378 g/mol. The van der Waals surface area contributed by atoms with E-state index in [1.165, 1.54) is 36.2 Å². The van der Waals surface area contributed by atoms with E-state index in [0.29, 0.717) is 16.3 Å². The van der Waals surface area contributed by atoms with Crippen molar-refractivity contribution in [2.45, 2.75) is 15.6 Å². The first-order chi connectivity index (χ1) is 11.9. The zero-order chi connectivity index (χ0) is 18.0. The van der Waals surface area contributed by atoms with Crippen molar-refractivity contribution >= 4 is 29.2 Å². The Morgan fingerprint density at radius 2 is 2.20 bits per heavy atom. The summed E-state index contributed by atoms with van der Waals surface area (Å²) in [7, 11) is 3.29. The lowest BCUT2D eigenvalue weighted by molar-refractivity contribution is 0.153. The molecule has 0 aliphatic carbocycles. The van der Waals surface area contributed by atoms with Crippen molar-refractivity contribution < 1.29 is 14.3 Å². The van der Waals surface area contributed by atoms with Gasteiger partial charge < -0.3 is 10.0 Å². The molecule has 2 heterocycles. The van der Waals surface area contributed by atoms with Gasteiger partial charge in [0.05, 0.1) is 27.5 Å². The molecule has 6 nitrogen and oxygen atoms in total. The van der Waals surface area contributed by atoms with E-state index in [4.69, 9.17) is 5.11 Å². The Labute approximate surface area is 151 Å². The van der Waals surface area contributed by atoms with E-state index < -0.39 is 6.09 Å². The maximum atomic E-state index is 14.2. The Kier molecular flexibility index (Phi) is 5.05. The van der Waals surface area contributed by atoms with Gasteiger partial charge in [-0.15, -0.1) is 11.3 Å². The summed E-state index contributed by atoms with van der Waals surface area (Å²) in [6, 6.07) is 6.43. The van der Waals surface area contributed by atoms with Crippen LogP contribution in [0.15, 0.2) is 45.8 Å². The Morgan fingerprint density at radius 1 is 1.44 bits per heavy atom. The van der Waals surface area contributed by atoms with E-state index in [0.717, 1.165) is 14.0 Å². The van der Waals surface area contributed by atoms with Crippen LogP contribution >= 0.6 is 23.1 Å². The Morgan fingerprint density at radius 3 is 2.84 bits per heavy atom. The Hall–Kier alpha value is -2.39. The number of carboxylic acid groups (broad SMARTS) is 1. The number of aryl methyl sites for hydroxylation is 1. The molecule has 25 heavy (non-hydrogen) atoms. The van der Waals surface area contributed by atoms with Crippen molar-refractivity contribution in [3.8, 4) is 11.3 Å². The summed E-state index contributed by atoms with van der Waals surface area (Å²) in [4.78, 5) is 17.6. The number of aromatic nitrogens is 3. The third-order valence-electron chi connectivity index (χ3n) is 3.36. The third-order valence-corrected chi connectivity index (χ3v) is 5.52. The molecule has 0 aliphatic heterocycles. The Bertz CT molecular complexity index is 909. The molecule has 0 fully saturated rings. The highest BCUT2D eigenvalue weighted by Gasteiger charge is 2.19. The SMILES string of the molecule is CN(Cc1nc(-c2ccccc2F)c(Sc2cnn(C)c2)s1)C(=O)O. The number of benzene rings is 1. The summed E-state index contributed by atoms with van der Waals surface area (Å²) in [5.41, 5.74) is 0.917. The molecule has 0 aliphatic rings. The molecule has 9 heteroatoms. The molecule has 3 rings (SSSR count). The van der Waals surface area contributed by atoms with Crippen molar-refractivity contribution in [3.05, 3.63) is 47.5 Å². The van der Waals surface area contributed by atoms with Gasteiger partial charge in [-0.1, -0.05) is 23.9 Å². The molecular weight excluding hydrogens is 363 g/mol. The zero-order valence-electron chi connectivity index (χ0n) is 13.5. The van der Waals surface area contributed by atoms with Crippen molar-refractivity contribution in [1.29, 1.82) is 0 Å². The van der Waals surface area contributed by atoms with Crippen LogP contribution in [0.2, 0.25) is 0 Å². The maximum Gasteiger partial charge on any atom is 0.407 e. The first-order valence-electron chi connectivity index (χ1n) is 7.29.